The Morgan fingerprint density at radius 1 is 1.35 bits per heavy atom. The Morgan fingerprint density at radius 3 is 2.59 bits per heavy atom. The molecule has 90 valence electrons. The number of anilines is 1. The average Bonchev–Trinajstić information content (AvgIpc) is 2.60. The number of carbonyl (C=O) groups is 1. The van der Waals surface area contributed by atoms with E-state index in [1.807, 2.05) is 6.07 Å². The van der Waals surface area contributed by atoms with Gasteiger partial charge in [0.05, 0.1) is 24.0 Å². The molecule has 0 aromatic carbocycles. The summed E-state index contributed by atoms with van der Waals surface area (Å²) in [5, 5.41) is 5.82. The van der Waals surface area contributed by atoms with E-state index in [4.69, 9.17) is 0 Å². The fraction of sp³-hybridized carbons (Fsp3) is 0.417. The highest BCUT2D eigenvalue weighted by atomic mass is 79.9. The molecule has 1 aromatic heterocycles. The Balaban J connectivity index is 2.34. The van der Waals surface area contributed by atoms with Crippen molar-refractivity contribution in [2.45, 2.75) is 27.2 Å². The Hall–Kier alpha value is -1.23. The van der Waals surface area contributed by atoms with E-state index in [0.717, 1.165) is 10.2 Å². The second-order valence-corrected chi connectivity index (χ2v) is 5.96. The van der Waals surface area contributed by atoms with Gasteiger partial charge in [-0.05, 0) is 22.0 Å². The molecular formula is C12H14BrN3O. The number of hydrogen-bond acceptors (Lipinski definition) is 3. The van der Waals surface area contributed by atoms with E-state index in [1.54, 1.807) is 12.4 Å². The highest BCUT2D eigenvalue weighted by Crippen LogP contribution is 2.28. The minimum Gasteiger partial charge on any atom is -0.272 e. The molecule has 17 heavy (non-hydrogen) atoms. The van der Waals surface area contributed by atoms with Gasteiger partial charge in [-0.15, -0.1) is 0 Å². The summed E-state index contributed by atoms with van der Waals surface area (Å²) in [6.45, 7) is 6.17. The third kappa shape index (κ3) is 2.54. The minimum absolute atomic E-state index is 0.00479. The van der Waals surface area contributed by atoms with Crippen LogP contribution in [0, 0.1) is 5.41 Å². The Kier molecular flexibility index (Phi) is 3.03. The first-order valence-electron chi connectivity index (χ1n) is 5.39. The fourth-order valence-electron chi connectivity index (χ4n) is 1.56. The molecule has 0 N–H and O–H groups in total. The van der Waals surface area contributed by atoms with Crippen molar-refractivity contribution in [2.75, 3.05) is 5.01 Å². The van der Waals surface area contributed by atoms with Crippen molar-refractivity contribution in [3.8, 4) is 0 Å². The topological polar surface area (TPSA) is 45.6 Å². The van der Waals surface area contributed by atoms with Crippen LogP contribution in [0.1, 0.15) is 27.2 Å². The molecule has 0 atom stereocenters. The Morgan fingerprint density at radius 2 is 2.06 bits per heavy atom. The first-order chi connectivity index (χ1) is 7.88. The maximum absolute atomic E-state index is 11.9. The average molecular weight is 296 g/mol. The molecule has 0 spiro atoms. The van der Waals surface area contributed by atoms with E-state index in [9.17, 15) is 4.79 Å². The van der Waals surface area contributed by atoms with Gasteiger partial charge in [0.2, 0.25) is 0 Å². The molecule has 4 nitrogen and oxygen atoms in total. The van der Waals surface area contributed by atoms with Crippen LogP contribution in [-0.2, 0) is 4.79 Å². The zero-order chi connectivity index (χ0) is 12.6. The SMILES string of the molecule is CC(C)(C)C1=NN(c2cncc(Br)c2)C(=O)C1. The second kappa shape index (κ2) is 4.22. The van der Waals surface area contributed by atoms with Crippen LogP contribution in [0.3, 0.4) is 0 Å². The zero-order valence-electron chi connectivity index (χ0n) is 10.1. The molecule has 0 bridgehead atoms. The van der Waals surface area contributed by atoms with Crippen LogP contribution in [0.5, 0.6) is 0 Å². The Bertz CT molecular complexity index is 491. The van der Waals surface area contributed by atoms with Crippen molar-refractivity contribution in [3.05, 3.63) is 22.9 Å². The number of hydrogen-bond donors (Lipinski definition) is 0. The van der Waals surface area contributed by atoms with Gasteiger partial charge in [-0.3, -0.25) is 9.78 Å². The van der Waals surface area contributed by atoms with Crippen molar-refractivity contribution in [1.82, 2.24) is 4.98 Å². The lowest BCUT2D eigenvalue weighted by Crippen LogP contribution is -2.20. The van der Waals surface area contributed by atoms with Crippen molar-refractivity contribution in [1.29, 1.82) is 0 Å². The number of pyridine rings is 1. The van der Waals surface area contributed by atoms with Crippen molar-refractivity contribution in [3.63, 3.8) is 0 Å². The van der Waals surface area contributed by atoms with Crippen molar-refractivity contribution < 1.29 is 4.79 Å². The summed E-state index contributed by atoms with van der Waals surface area (Å²) < 4.78 is 0.835. The van der Waals surface area contributed by atoms with Gasteiger partial charge >= 0.3 is 0 Å². The lowest BCUT2D eigenvalue weighted by atomic mass is 9.88. The summed E-state index contributed by atoms with van der Waals surface area (Å²) in [5.41, 5.74) is 1.52. The van der Waals surface area contributed by atoms with Gasteiger partial charge < -0.3 is 0 Å². The monoisotopic (exact) mass is 295 g/mol. The summed E-state index contributed by atoms with van der Waals surface area (Å²) in [6, 6.07) is 1.83. The molecule has 5 heteroatoms. The third-order valence-corrected chi connectivity index (χ3v) is 3.01. The first-order valence-corrected chi connectivity index (χ1v) is 6.19. The molecule has 0 saturated heterocycles. The normalized spacial score (nSPS) is 16.4. The van der Waals surface area contributed by atoms with E-state index in [0.29, 0.717) is 12.1 Å². The van der Waals surface area contributed by atoms with Gasteiger partial charge in [-0.25, -0.2) is 0 Å². The third-order valence-electron chi connectivity index (χ3n) is 2.58. The molecule has 1 aliphatic heterocycles. The fourth-order valence-corrected chi connectivity index (χ4v) is 1.92. The van der Waals surface area contributed by atoms with Crippen LogP contribution in [0.25, 0.3) is 0 Å². The molecule has 2 heterocycles. The van der Waals surface area contributed by atoms with E-state index in [1.165, 1.54) is 5.01 Å². The lowest BCUT2D eigenvalue weighted by Gasteiger charge is -2.16. The smallest absolute Gasteiger partial charge is 0.253 e. The molecule has 0 fully saturated rings. The number of carbonyl (C=O) groups excluding carboxylic acids is 1. The highest BCUT2D eigenvalue weighted by Gasteiger charge is 2.32. The zero-order valence-corrected chi connectivity index (χ0v) is 11.7. The second-order valence-electron chi connectivity index (χ2n) is 5.04. The van der Waals surface area contributed by atoms with E-state index in [2.05, 4.69) is 46.8 Å². The first kappa shape index (κ1) is 12.2. The predicted molar refractivity (Wildman–Crippen MR) is 70.9 cm³/mol. The molecule has 0 radical (unpaired) electrons. The van der Waals surface area contributed by atoms with Crippen LogP contribution in [0.4, 0.5) is 5.69 Å². The Labute approximate surface area is 109 Å². The summed E-state index contributed by atoms with van der Waals surface area (Å²) in [6.07, 6.45) is 3.70. The van der Waals surface area contributed by atoms with Gasteiger partial charge in [-0.2, -0.15) is 10.1 Å². The summed E-state index contributed by atoms with van der Waals surface area (Å²) in [4.78, 5) is 16.0. The molecule has 2 rings (SSSR count). The molecule has 1 aromatic rings. The van der Waals surface area contributed by atoms with Crippen LogP contribution in [-0.4, -0.2) is 16.6 Å². The molecule has 0 saturated carbocycles. The van der Waals surface area contributed by atoms with Crippen LogP contribution < -0.4 is 5.01 Å². The van der Waals surface area contributed by atoms with Crippen molar-refractivity contribution in [2.24, 2.45) is 10.5 Å². The predicted octanol–water partition coefficient (Wildman–Crippen LogP) is 2.98. The number of aromatic nitrogens is 1. The van der Waals surface area contributed by atoms with Gasteiger partial charge in [0.1, 0.15) is 0 Å². The summed E-state index contributed by atoms with van der Waals surface area (Å²) in [5.74, 6) is -0.00479. The largest absolute Gasteiger partial charge is 0.272 e. The maximum atomic E-state index is 11.9. The van der Waals surface area contributed by atoms with Gasteiger partial charge in [0.15, 0.2) is 0 Å². The molecule has 1 amide bonds. The van der Waals surface area contributed by atoms with Gasteiger partial charge in [0, 0.05) is 16.1 Å². The number of halogens is 1. The summed E-state index contributed by atoms with van der Waals surface area (Å²) >= 11 is 3.33. The van der Waals surface area contributed by atoms with E-state index < -0.39 is 0 Å². The van der Waals surface area contributed by atoms with Crippen LogP contribution >= 0.6 is 15.9 Å². The van der Waals surface area contributed by atoms with Crippen LogP contribution in [0.2, 0.25) is 0 Å². The highest BCUT2D eigenvalue weighted by molar-refractivity contribution is 9.10. The molecule has 0 unspecified atom stereocenters. The lowest BCUT2D eigenvalue weighted by molar-refractivity contribution is -0.116. The molecular weight excluding hydrogens is 282 g/mol. The van der Waals surface area contributed by atoms with E-state index >= 15 is 0 Å². The number of hydrazone groups is 1. The van der Waals surface area contributed by atoms with Gasteiger partial charge in [-0.1, -0.05) is 20.8 Å². The summed E-state index contributed by atoms with van der Waals surface area (Å²) in [7, 11) is 0. The molecule has 1 aliphatic rings. The maximum Gasteiger partial charge on any atom is 0.253 e. The molecule has 0 aliphatic carbocycles. The number of amides is 1. The van der Waals surface area contributed by atoms with E-state index in [-0.39, 0.29) is 11.3 Å². The standard InChI is InChI=1S/C12H14BrN3O/c1-12(2,3)10-5-11(17)16(15-10)9-4-8(13)6-14-7-9/h4,6-7H,5H2,1-3H3. The quantitative estimate of drug-likeness (QED) is 0.799. The minimum atomic E-state index is -0.0795. The van der Waals surface area contributed by atoms with Crippen LogP contribution in [0.15, 0.2) is 28.0 Å². The van der Waals surface area contributed by atoms with Crippen molar-refractivity contribution >= 4 is 33.2 Å². The number of rotatable bonds is 1. The number of nitrogens with zero attached hydrogens (tertiary/aromatic N) is 3. The van der Waals surface area contributed by atoms with Gasteiger partial charge in [0.25, 0.3) is 5.91 Å².